The first-order chi connectivity index (χ1) is 7.17. The fourth-order valence-electron chi connectivity index (χ4n) is 1.45. The second kappa shape index (κ2) is 6.11. The maximum atomic E-state index is 9.03. The number of aryl methyl sites for hydroxylation is 1. The summed E-state index contributed by atoms with van der Waals surface area (Å²) in [6.45, 7) is 5.07. The van der Waals surface area contributed by atoms with Crippen LogP contribution in [0.1, 0.15) is 24.5 Å². The van der Waals surface area contributed by atoms with E-state index in [-0.39, 0.29) is 12.6 Å². The highest BCUT2D eigenvalue weighted by molar-refractivity contribution is 6.30. The van der Waals surface area contributed by atoms with Crippen molar-refractivity contribution in [3.63, 3.8) is 0 Å². The highest BCUT2D eigenvalue weighted by atomic mass is 35.5. The van der Waals surface area contributed by atoms with E-state index in [1.165, 1.54) is 11.1 Å². The first-order valence-electron chi connectivity index (χ1n) is 5.26. The predicted molar refractivity (Wildman–Crippen MR) is 64.2 cm³/mol. The van der Waals surface area contributed by atoms with E-state index in [0.29, 0.717) is 0 Å². The van der Waals surface area contributed by atoms with E-state index in [4.69, 9.17) is 16.7 Å². The molecule has 0 amide bonds. The predicted octanol–water partition coefficient (Wildman–Crippen LogP) is 2.51. The summed E-state index contributed by atoms with van der Waals surface area (Å²) in [5.41, 5.74) is 2.41. The van der Waals surface area contributed by atoms with Crippen molar-refractivity contribution in [2.45, 2.75) is 32.9 Å². The topological polar surface area (TPSA) is 32.3 Å². The molecule has 0 aliphatic carbocycles. The molecule has 15 heavy (non-hydrogen) atoms. The SMILES string of the molecule is CCC(CO)NCc1ccc(Cl)cc1C. The standard InChI is InChI=1S/C12H18ClNO/c1-3-12(8-15)14-7-10-4-5-11(13)6-9(10)2/h4-6,12,14-15H,3,7-8H2,1-2H3. The molecule has 0 aliphatic rings. The second-order valence-electron chi connectivity index (χ2n) is 3.74. The van der Waals surface area contributed by atoms with Crippen LogP contribution in [0.2, 0.25) is 5.02 Å². The lowest BCUT2D eigenvalue weighted by Crippen LogP contribution is -2.31. The Balaban J connectivity index is 2.57. The number of hydrogen-bond acceptors (Lipinski definition) is 2. The maximum absolute atomic E-state index is 9.03. The van der Waals surface area contributed by atoms with Gasteiger partial charge < -0.3 is 10.4 Å². The van der Waals surface area contributed by atoms with Gasteiger partial charge in [0.15, 0.2) is 0 Å². The van der Waals surface area contributed by atoms with Crippen LogP contribution in [-0.2, 0) is 6.54 Å². The molecular formula is C12H18ClNO. The lowest BCUT2D eigenvalue weighted by atomic mass is 10.1. The van der Waals surface area contributed by atoms with Gasteiger partial charge in [0.2, 0.25) is 0 Å². The quantitative estimate of drug-likeness (QED) is 0.810. The molecule has 1 aromatic carbocycles. The Labute approximate surface area is 96.3 Å². The van der Waals surface area contributed by atoms with Gasteiger partial charge in [-0.15, -0.1) is 0 Å². The Morgan fingerprint density at radius 2 is 2.20 bits per heavy atom. The number of hydrogen-bond donors (Lipinski definition) is 2. The number of rotatable bonds is 5. The zero-order valence-corrected chi connectivity index (χ0v) is 10.0. The molecule has 0 heterocycles. The summed E-state index contributed by atoms with van der Waals surface area (Å²) >= 11 is 5.87. The molecule has 0 aliphatic heterocycles. The molecule has 0 bridgehead atoms. The summed E-state index contributed by atoms with van der Waals surface area (Å²) in [7, 11) is 0. The van der Waals surface area contributed by atoms with Crippen molar-refractivity contribution in [1.29, 1.82) is 0 Å². The molecule has 0 saturated carbocycles. The van der Waals surface area contributed by atoms with E-state index in [1.54, 1.807) is 0 Å². The third-order valence-electron chi connectivity index (χ3n) is 2.60. The van der Waals surface area contributed by atoms with E-state index in [1.807, 2.05) is 25.1 Å². The zero-order chi connectivity index (χ0) is 11.3. The normalized spacial score (nSPS) is 12.8. The summed E-state index contributed by atoms with van der Waals surface area (Å²) in [5, 5.41) is 13.1. The summed E-state index contributed by atoms with van der Waals surface area (Å²) in [6.07, 6.45) is 0.934. The van der Waals surface area contributed by atoms with Crippen molar-refractivity contribution in [1.82, 2.24) is 5.32 Å². The molecule has 0 saturated heterocycles. The minimum absolute atomic E-state index is 0.181. The van der Waals surface area contributed by atoms with Gasteiger partial charge in [-0.1, -0.05) is 24.6 Å². The van der Waals surface area contributed by atoms with Gasteiger partial charge in [-0.3, -0.25) is 0 Å². The minimum Gasteiger partial charge on any atom is -0.395 e. The highest BCUT2D eigenvalue weighted by Crippen LogP contribution is 2.15. The Morgan fingerprint density at radius 1 is 1.47 bits per heavy atom. The molecule has 84 valence electrons. The summed E-state index contributed by atoms with van der Waals surface area (Å²) in [6, 6.07) is 6.05. The Morgan fingerprint density at radius 3 is 2.73 bits per heavy atom. The molecule has 2 nitrogen and oxygen atoms in total. The van der Waals surface area contributed by atoms with Gasteiger partial charge in [-0.05, 0) is 36.6 Å². The van der Waals surface area contributed by atoms with E-state index in [0.717, 1.165) is 18.0 Å². The second-order valence-corrected chi connectivity index (χ2v) is 4.18. The maximum Gasteiger partial charge on any atom is 0.0584 e. The lowest BCUT2D eigenvalue weighted by molar-refractivity contribution is 0.238. The number of aliphatic hydroxyl groups excluding tert-OH is 1. The average molecular weight is 228 g/mol. The molecule has 0 spiro atoms. The van der Waals surface area contributed by atoms with Crippen LogP contribution in [0.4, 0.5) is 0 Å². The smallest absolute Gasteiger partial charge is 0.0584 e. The van der Waals surface area contributed by atoms with Crippen molar-refractivity contribution in [3.05, 3.63) is 34.3 Å². The van der Waals surface area contributed by atoms with Gasteiger partial charge >= 0.3 is 0 Å². The van der Waals surface area contributed by atoms with Crippen molar-refractivity contribution in [3.8, 4) is 0 Å². The molecular weight excluding hydrogens is 210 g/mol. The number of aliphatic hydroxyl groups is 1. The Kier molecular flexibility index (Phi) is 5.09. The largest absolute Gasteiger partial charge is 0.395 e. The third-order valence-corrected chi connectivity index (χ3v) is 2.83. The van der Waals surface area contributed by atoms with Crippen LogP contribution in [0.5, 0.6) is 0 Å². The first-order valence-corrected chi connectivity index (χ1v) is 5.64. The summed E-state index contributed by atoms with van der Waals surface area (Å²) < 4.78 is 0. The summed E-state index contributed by atoms with van der Waals surface area (Å²) in [5.74, 6) is 0. The molecule has 0 aromatic heterocycles. The lowest BCUT2D eigenvalue weighted by Gasteiger charge is -2.15. The van der Waals surface area contributed by atoms with Crippen LogP contribution in [0.3, 0.4) is 0 Å². The molecule has 1 atom stereocenters. The van der Waals surface area contributed by atoms with Crippen LogP contribution < -0.4 is 5.32 Å². The molecule has 0 radical (unpaired) electrons. The van der Waals surface area contributed by atoms with Gasteiger partial charge in [0.1, 0.15) is 0 Å². The van der Waals surface area contributed by atoms with Crippen LogP contribution in [-0.4, -0.2) is 17.8 Å². The fraction of sp³-hybridized carbons (Fsp3) is 0.500. The molecule has 1 aromatic rings. The van der Waals surface area contributed by atoms with E-state index in [9.17, 15) is 0 Å². The van der Waals surface area contributed by atoms with Crippen LogP contribution >= 0.6 is 11.6 Å². The van der Waals surface area contributed by atoms with E-state index >= 15 is 0 Å². The van der Waals surface area contributed by atoms with Crippen molar-refractivity contribution in [2.24, 2.45) is 0 Å². The van der Waals surface area contributed by atoms with E-state index in [2.05, 4.69) is 12.2 Å². The summed E-state index contributed by atoms with van der Waals surface area (Å²) in [4.78, 5) is 0. The fourth-order valence-corrected chi connectivity index (χ4v) is 1.68. The average Bonchev–Trinajstić information content (AvgIpc) is 2.22. The zero-order valence-electron chi connectivity index (χ0n) is 9.26. The molecule has 1 unspecified atom stereocenters. The first kappa shape index (κ1) is 12.5. The van der Waals surface area contributed by atoms with Crippen LogP contribution in [0, 0.1) is 6.92 Å². The van der Waals surface area contributed by atoms with Crippen LogP contribution in [0.25, 0.3) is 0 Å². The van der Waals surface area contributed by atoms with Gasteiger partial charge in [-0.25, -0.2) is 0 Å². The van der Waals surface area contributed by atoms with E-state index < -0.39 is 0 Å². The van der Waals surface area contributed by atoms with Crippen molar-refractivity contribution < 1.29 is 5.11 Å². The molecule has 3 heteroatoms. The number of benzene rings is 1. The number of nitrogens with one attached hydrogen (secondary N) is 1. The molecule has 1 rings (SSSR count). The van der Waals surface area contributed by atoms with Gasteiger partial charge in [-0.2, -0.15) is 0 Å². The van der Waals surface area contributed by atoms with Crippen LogP contribution in [0.15, 0.2) is 18.2 Å². The van der Waals surface area contributed by atoms with Crippen molar-refractivity contribution in [2.75, 3.05) is 6.61 Å². The minimum atomic E-state index is 0.181. The Hall–Kier alpha value is -0.570. The van der Waals surface area contributed by atoms with Gasteiger partial charge in [0.25, 0.3) is 0 Å². The molecule has 0 fully saturated rings. The Bertz CT molecular complexity index is 310. The van der Waals surface area contributed by atoms with Gasteiger partial charge in [0.05, 0.1) is 6.61 Å². The van der Waals surface area contributed by atoms with Crippen molar-refractivity contribution >= 4 is 11.6 Å². The van der Waals surface area contributed by atoms with Gasteiger partial charge in [0, 0.05) is 17.6 Å². The third kappa shape index (κ3) is 3.82. The highest BCUT2D eigenvalue weighted by Gasteiger charge is 2.04. The number of halogens is 1. The monoisotopic (exact) mass is 227 g/mol. The molecule has 2 N–H and O–H groups in total.